The summed E-state index contributed by atoms with van der Waals surface area (Å²) in [5, 5.41) is 0.405. The predicted molar refractivity (Wildman–Crippen MR) is 86.5 cm³/mol. The van der Waals surface area contributed by atoms with E-state index in [2.05, 4.69) is 35.9 Å². The van der Waals surface area contributed by atoms with Crippen molar-refractivity contribution in [2.45, 2.75) is 46.5 Å². The van der Waals surface area contributed by atoms with E-state index in [1.54, 1.807) is 6.07 Å². The van der Waals surface area contributed by atoms with Crippen LogP contribution in [-0.4, -0.2) is 9.97 Å². The van der Waals surface area contributed by atoms with Crippen molar-refractivity contribution in [3.8, 4) is 11.6 Å². The van der Waals surface area contributed by atoms with Crippen LogP contribution in [-0.2, 0) is 0 Å². The molecule has 0 spiro atoms. The maximum Gasteiger partial charge on any atom is 0.224 e. The van der Waals surface area contributed by atoms with Gasteiger partial charge in [-0.25, -0.2) is 4.98 Å². The van der Waals surface area contributed by atoms with Gasteiger partial charge in [-0.05, 0) is 30.0 Å². The van der Waals surface area contributed by atoms with E-state index in [0.717, 1.165) is 16.9 Å². The lowest BCUT2D eigenvalue weighted by Gasteiger charge is -2.15. The highest BCUT2D eigenvalue weighted by molar-refractivity contribution is 6.29. The summed E-state index contributed by atoms with van der Waals surface area (Å²) in [5.74, 6) is 2.59. The van der Waals surface area contributed by atoms with Gasteiger partial charge in [-0.2, -0.15) is 4.98 Å². The van der Waals surface area contributed by atoms with E-state index in [0.29, 0.717) is 22.8 Å². The standard InChI is InChI=1S/C17H21ClN2O/c1-10(2)13-7-6-12(5)8-14(13)21-16-9-15(18)19-17(20-16)11(3)4/h6-11H,1-5H3. The molecule has 0 fully saturated rings. The largest absolute Gasteiger partial charge is 0.439 e. The van der Waals surface area contributed by atoms with Crippen LogP contribution in [0.25, 0.3) is 0 Å². The van der Waals surface area contributed by atoms with Crippen molar-refractivity contribution in [3.63, 3.8) is 0 Å². The first-order valence-corrected chi connectivity index (χ1v) is 7.57. The van der Waals surface area contributed by atoms with Gasteiger partial charge in [0.25, 0.3) is 0 Å². The van der Waals surface area contributed by atoms with Crippen LogP contribution in [0.1, 0.15) is 56.5 Å². The number of aryl methyl sites for hydroxylation is 1. The second-order valence-electron chi connectivity index (χ2n) is 5.84. The van der Waals surface area contributed by atoms with E-state index in [4.69, 9.17) is 16.3 Å². The van der Waals surface area contributed by atoms with Crippen molar-refractivity contribution in [2.75, 3.05) is 0 Å². The third kappa shape index (κ3) is 3.94. The highest BCUT2D eigenvalue weighted by Crippen LogP contribution is 2.31. The molecule has 0 saturated carbocycles. The molecule has 0 atom stereocenters. The molecule has 0 bridgehead atoms. The molecule has 0 radical (unpaired) electrons. The Hall–Kier alpha value is -1.61. The molecule has 3 nitrogen and oxygen atoms in total. The van der Waals surface area contributed by atoms with E-state index >= 15 is 0 Å². The topological polar surface area (TPSA) is 35.0 Å². The summed E-state index contributed by atoms with van der Waals surface area (Å²) in [6, 6.07) is 7.87. The average Bonchev–Trinajstić information content (AvgIpc) is 2.37. The fourth-order valence-corrected chi connectivity index (χ4v) is 2.22. The summed E-state index contributed by atoms with van der Waals surface area (Å²) < 4.78 is 5.99. The first kappa shape index (κ1) is 15.8. The monoisotopic (exact) mass is 304 g/mol. The number of hydrogen-bond acceptors (Lipinski definition) is 3. The van der Waals surface area contributed by atoms with Crippen LogP contribution >= 0.6 is 11.6 Å². The third-order valence-electron chi connectivity index (χ3n) is 3.21. The molecule has 0 N–H and O–H groups in total. The van der Waals surface area contributed by atoms with Gasteiger partial charge in [-0.15, -0.1) is 0 Å². The average molecular weight is 305 g/mol. The molecule has 0 unspecified atom stereocenters. The lowest BCUT2D eigenvalue weighted by atomic mass is 10.0. The highest BCUT2D eigenvalue weighted by Gasteiger charge is 2.12. The Morgan fingerprint density at radius 1 is 1.00 bits per heavy atom. The summed E-state index contributed by atoms with van der Waals surface area (Å²) in [6.45, 7) is 10.4. The van der Waals surface area contributed by atoms with E-state index in [1.807, 2.05) is 26.8 Å². The SMILES string of the molecule is Cc1ccc(C(C)C)c(Oc2cc(Cl)nc(C(C)C)n2)c1. The van der Waals surface area contributed by atoms with Gasteiger partial charge in [-0.1, -0.05) is 51.4 Å². The Morgan fingerprint density at radius 3 is 2.33 bits per heavy atom. The Balaban J connectivity index is 2.40. The van der Waals surface area contributed by atoms with Gasteiger partial charge in [0.2, 0.25) is 5.88 Å². The van der Waals surface area contributed by atoms with Crippen molar-refractivity contribution in [2.24, 2.45) is 0 Å². The summed E-state index contributed by atoms with van der Waals surface area (Å²) >= 11 is 6.06. The van der Waals surface area contributed by atoms with Gasteiger partial charge in [0, 0.05) is 12.0 Å². The van der Waals surface area contributed by atoms with E-state index < -0.39 is 0 Å². The number of aromatic nitrogens is 2. The molecule has 0 aliphatic carbocycles. The number of hydrogen-bond donors (Lipinski definition) is 0. The Kier molecular flexibility index (Phi) is 4.84. The van der Waals surface area contributed by atoms with Crippen molar-refractivity contribution in [1.29, 1.82) is 0 Å². The highest BCUT2D eigenvalue weighted by atomic mass is 35.5. The van der Waals surface area contributed by atoms with E-state index in [1.165, 1.54) is 0 Å². The molecule has 4 heteroatoms. The number of nitrogens with zero attached hydrogens (tertiary/aromatic N) is 2. The quantitative estimate of drug-likeness (QED) is 0.702. The normalized spacial score (nSPS) is 11.2. The zero-order valence-electron chi connectivity index (χ0n) is 13.1. The second kappa shape index (κ2) is 6.44. The molecule has 0 aliphatic rings. The lowest BCUT2D eigenvalue weighted by molar-refractivity contribution is 0.448. The van der Waals surface area contributed by atoms with Crippen LogP contribution in [0.5, 0.6) is 11.6 Å². The van der Waals surface area contributed by atoms with Crippen LogP contribution < -0.4 is 4.74 Å². The molecule has 1 aromatic heterocycles. The maximum atomic E-state index is 6.06. The lowest BCUT2D eigenvalue weighted by Crippen LogP contribution is -2.01. The zero-order valence-corrected chi connectivity index (χ0v) is 13.9. The van der Waals surface area contributed by atoms with Crippen molar-refractivity contribution in [1.82, 2.24) is 9.97 Å². The Labute approximate surface area is 131 Å². The van der Waals surface area contributed by atoms with Crippen LogP contribution in [0.15, 0.2) is 24.3 Å². The minimum atomic E-state index is 0.202. The number of rotatable bonds is 4. The molecule has 0 amide bonds. The Bertz CT molecular complexity index is 639. The van der Waals surface area contributed by atoms with Crippen molar-refractivity contribution in [3.05, 3.63) is 46.4 Å². The molecule has 21 heavy (non-hydrogen) atoms. The first-order chi connectivity index (χ1) is 9.86. The number of ether oxygens (including phenoxy) is 1. The second-order valence-corrected chi connectivity index (χ2v) is 6.23. The number of halogens is 1. The zero-order chi connectivity index (χ0) is 15.6. The number of benzene rings is 1. The molecule has 112 valence electrons. The maximum absolute atomic E-state index is 6.06. The summed E-state index contributed by atoms with van der Waals surface area (Å²) in [5.41, 5.74) is 2.31. The van der Waals surface area contributed by atoms with Crippen LogP contribution in [0.3, 0.4) is 0 Å². The van der Waals surface area contributed by atoms with Gasteiger partial charge in [0.05, 0.1) is 0 Å². The van der Waals surface area contributed by atoms with E-state index in [9.17, 15) is 0 Å². The van der Waals surface area contributed by atoms with Crippen LogP contribution in [0.4, 0.5) is 0 Å². The fraction of sp³-hybridized carbons (Fsp3) is 0.412. The van der Waals surface area contributed by atoms with Crippen LogP contribution in [0, 0.1) is 6.92 Å². The third-order valence-corrected chi connectivity index (χ3v) is 3.40. The fourth-order valence-electron chi connectivity index (χ4n) is 2.04. The molecular weight excluding hydrogens is 284 g/mol. The van der Waals surface area contributed by atoms with Gasteiger partial charge < -0.3 is 4.74 Å². The minimum Gasteiger partial charge on any atom is -0.439 e. The van der Waals surface area contributed by atoms with Crippen molar-refractivity contribution >= 4 is 11.6 Å². The predicted octanol–water partition coefficient (Wildman–Crippen LogP) is 5.48. The van der Waals surface area contributed by atoms with Gasteiger partial charge >= 0.3 is 0 Å². The molecule has 0 saturated heterocycles. The first-order valence-electron chi connectivity index (χ1n) is 7.19. The van der Waals surface area contributed by atoms with Gasteiger partial charge in [0.1, 0.15) is 16.7 Å². The molecular formula is C17H21ClN2O. The van der Waals surface area contributed by atoms with Gasteiger partial charge in [-0.3, -0.25) is 0 Å². The summed E-state index contributed by atoms with van der Waals surface area (Å²) in [6.07, 6.45) is 0. The Morgan fingerprint density at radius 2 is 1.71 bits per heavy atom. The van der Waals surface area contributed by atoms with Crippen LogP contribution in [0.2, 0.25) is 5.15 Å². The molecule has 1 aromatic carbocycles. The molecule has 2 rings (SSSR count). The van der Waals surface area contributed by atoms with E-state index in [-0.39, 0.29) is 5.92 Å². The minimum absolute atomic E-state index is 0.202. The molecule has 0 aliphatic heterocycles. The molecule has 1 heterocycles. The van der Waals surface area contributed by atoms with Crippen molar-refractivity contribution < 1.29 is 4.74 Å². The summed E-state index contributed by atoms with van der Waals surface area (Å²) in [4.78, 5) is 8.67. The molecule has 2 aromatic rings. The summed E-state index contributed by atoms with van der Waals surface area (Å²) in [7, 11) is 0. The van der Waals surface area contributed by atoms with Gasteiger partial charge in [0.15, 0.2) is 0 Å². The smallest absolute Gasteiger partial charge is 0.224 e.